The minimum Gasteiger partial charge on any atom is -0.506 e. The zero-order valence-corrected chi connectivity index (χ0v) is 10.5. The summed E-state index contributed by atoms with van der Waals surface area (Å²) in [6.45, 7) is 0.546. The van der Waals surface area contributed by atoms with Crippen molar-refractivity contribution in [2.24, 2.45) is 5.73 Å². The van der Waals surface area contributed by atoms with E-state index in [9.17, 15) is 0 Å². The third-order valence-electron chi connectivity index (χ3n) is 2.41. The number of hydrogen-bond donors (Lipinski definition) is 5. The SMILES string of the molecule is NCCc1ccc(O)c(O)c1.Nc1ccccc1O. The van der Waals surface area contributed by atoms with Gasteiger partial charge < -0.3 is 26.8 Å². The molecule has 0 bridgehead atoms. The second-order valence-corrected chi connectivity index (χ2v) is 3.92. The van der Waals surface area contributed by atoms with E-state index >= 15 is 0 Å². The number of nitrogen functional groups attached to an aromatic ring is 1. The average Bonchev–Trinajstić information content (AvgIpc) is 2.39. The van der Waals surface area contributed by atoms with E-state index in [1.54, 1.807) is 30.3 Å². The van der Waals surface area contributed by atoms with Gasteiger partial charge in [-0.1, -0.05) is 18.2 Å². The topological polar surface area (TPSA) is 113 Å². The van der Waals surface area contributed by atoms with E-state index in [2.05, 4.69) is 0 Å². The van der Waals surface area contributed by atoms with Crippen LogP contribution in [0.2, 0.25) is 0 Å². The third-order valence-corrected chi connectivity index (χ3v) is 2.41. The van der Waals surface area contributed by atoms with E-state index in [-0.39, 0.29) is 17.2 Å². The highest BCUT2D eigenvalue weighted by atomic mass is 16.3. The molecule has 5 nitrogen and oxygen atoms in total. The third kappa shape index (κ3) is 4.77. The summed E-state index contributed by atoms with van der Waals surface area (Å²) in [4.78, 5) is 0. The highest BCUT2D eigenvalue weighted by Crippen LogP contribution is 2.24. The quantitative estimate of drug-likeness (QED) is 0.416. The molecule has 0 heterocycles. The van der Waals surface area contributed by atoms with Gasteiger partial charge in [0.2, 0.25) is 0 Å². The second kappa shape index (κ2) is 7.13. The first-order chi connectivity index (χ1) is 9.04. The van der Waals surface area contributed by atoms with Gasteiger partial charge in [-0.15, -0.1) is 0 Å². The number of anilines is 1. The average molecular weight is 262 g/mol. The zero-order valence-electron chi connectivity index (χ0n) is 10.5. The summed E-state index contributed by atoms with van der Waals surface area (Å²) in [6, 6.07) is 11.4. The minimum atomic E-state index is -0.0919. The summed E-state index contributed by atoms with van der Waals surface area (Å²) in [5, 5.41) is 26.8. The summed E-state index contributed by atoms with van der Waals surface area (Å²) >= 11 is 0. The Balaban J connectivity index is 0.000000200. The maximum Gasteiger partial charge on any atom is 0.157 e. The summed E-state index contributed by atoms with van der Waals surface area (Å²) in [5.74, 6) is -0.0331. The smallest absolute Gasteiger partial charge is 0.157 e. The van der Waals surface area contributed by atoms with Crippen LogP contribution in [0.3, 0.4) is 0 Å². The van der Waals surface area contributed by atoms with E-state index in [1.807, 2.05) is 0 Å². The Morgan fingerprint density at radius 2 is 1.53 bits per heavy atom. The van der Waals surface area contributed by atoms with E-state index in [4.69, 9.17) is 26.8 Å². The fourth-order valence-corrected chi connectivity index (χ4v) is 1.38. The number of hydrogen-bond acceptors (Lipinski definition) is 5. The van der Waals surface area contributed by atoms with E-state index < -0.39 is 0 Å². The van der Waals surface area contributed by atoms with Crippen LogP contribution in [0.1, 0.15) is 5.56 Å². The Morgan fingerprint density at radius 3 is 2.00 bits per heavy atom. The number of phenols is 3. The fraction of sp³-hybridized carbons (Fsp3) is 0.143. The van der Waals surface area contributed by atoms with Crippen LogP contribution >= 0.6 is 0 Å². The number of phenolic OH excluding ortho intramolecular Hbond substituents is 3. The maximum atomic E-state index is 9.04. The first kappa shape index (κ1) is 14.7. The van der Waals surface area contributed by atoms with Crippen LogP contribution in [0.25, 0.3) is 0 Å². The van der Waals surface area contributed by atoms with Crippen molar-refractivity contribution in [2.45, 2.75) is 6.42 Å². The molecule has 2 aromatic carbocycles. The van der Waals surface area contributed by atoms with E-state index in [0.29, 0.717) is 18.7 Å². The lowest BCUT2D eigenvalue weighted by molar-refractivity contribution is 0.403. The van der Waals surface area contributed by atoms with Crippen LogP contribution in [0.15, 0.2) is 42.5 Å². The molecule has 2 rings (SSSR count). The summed E-state index contributed by atoms with van der Waals surface area (Å²) in [7, 11) is 0. The Bertz CT molecular complexity index is 509. The molecule has 0 saturated carbocycles. The van der Waals surface area contributed by atoms with Gasteiger partial charge in [-0.25, -0.2) is 0 Å². The van der Waals surface area contributed by atoms with Crippen molar-refractivity contribution in [3.8, 4) is 17.2 Å². The molecule has 0 aromatic heterocycles. The monoisotopic (exact) mass is 262 g/mol. The molecular formula is C14H18N2O3. The molecule has 19 heavy (non-hydrogen) atoms. The highest BCUT2D eigenvalue weighted by molar-refractivity contribution is 5.50. The van der Waals surface area contributed by atoms with Gasteiger partial charge in [-0.3, -0.25) is 0 Å². The zero-order chi connectivity index (χ0) is 14.3. The van der Waals surface area contributed by atoms with Gasteiger partial charge >= 0.3 is 0 Å². The molecule has 0 aliphatic heterocycles. The molecule has 0 radical (unpaired) electrons. The standard InChI is InChI=1S/C8H11NO2.C6H7NO/c9-4-3-6-1-2-7(10)8(11)5-6;7-5-3-1-2-4-6(5)8/h1-2,5,10-11H,3-4,9H2;1-4,8H,7H2. The van der Waals surface area contributed by atoms with Gasteiger partial charge in [0.05, 0.1) is 5.69 Å². The van der Waals surface area contributed by atoms with Crippen molar-refractivity contribution < 1.29 is 15.3 Å². The van der Waals surface area contributed by atoms with Gasteiger partial charge in [0, 0.05) is 0 Å². The molecule has 0 saturated heterocycles. The van der Waals surface area contributed by atoms with Crippen molar-refractivity contribution in [1.82, 2.24) is 0 Å². The maximum absolute atomic E-state index is 9.04. The van der Waals surface area contributed by atoms with Crippen molar-refractivity contribution in [1.29, 1.82) is 0 Å². The van der Waals surface area contributed by atoms with Crippen molar-refractivity contribution in [3.05, 3.63) is 48.0 Å². The molecular weight excluding hydrogens is 244 g/mol. The van der Waals surface area contributed by atoms with Crippen LogP contribution in [-0.4, -0.2) is 21.9 Å². The molecule has 0 aliphatic carbocycles. The Labute approximate surface area is 111 Å². The fourth-order valence-electron chi connectivity index (χ4n) is 1.38. The number of para-hydroxylation sites is 2. The van der Waals surface area contributed by atoms with Gasteiger partial charge in [0.1, 0.15) is 5.75 Å². The summed E-state index contributed by atoms with van der Waals surface area (Å²) < 4.78 is 0. The molecule has 5 heteroatoms. The van der Waals surface area contributed by atoms with E-state index in [0.717, 1.165) is 5.56 Å². The predicted molar refractivity (Wildman–Crippen MR) is 75.0 cm³/mol. The number of nitrogens with two attached hydrogens (primary N) is 2. The van der Waals surface area contributed by atoms with Crippen molar-refractivity contribution in [3.63, 3.8) is 0 Å². The molecule has 0 fully saturated rings. The molecule has 0 aliphatic rings. The van der Waals surface area contributed by atoms with E-state index in [1.165, 1.54) is 12.1 Å². The molecule has 0 unspecified atom stereocenters. The summed E-state index contributed by atoms with van der Waals surface area (Å²) in [5.41, 5.74) is 11.9. The van der Waals surface area contributed by atoms with Gasteiger partial charge in [0.15, 0.2) is 11.5 Å². The van der Waals surface area contributed by atoms with Crippen LogP contribution in [-0.2, 0) is 6.42 Å². The number of rotatable bonds is 2. The van der Waals surface area contributed by atoms with Crippen molar-refractivity contribution in [2.75, 3.05) is 12.3 Å². The van der Waals surface area contributed by atoms with Crippen molar-refractivity contribution >= 4 is 5.69 Å². The molecule has 7 N–H and O–H groups in total. The van der Waals surface area contributed by atoms with Crippen LogP contribution in [0.4, 0.5) is 5.69 Å². The predicted octanol–water partition coefficient (Wildman–Crippen LogP) is 1.57. The molecule has 102 valence electrons. The lowest BCUT2D eigenvalue weighted by atomic mass is 10.1. The van der Waals surface area contributed by atoms with Gasteiger partial charge in [-0.2, -0.15) is 0 Å². The lowest BCUT2D eigenvalue weighted by Gasteiger charge is -2.00. The highest BCUT2D eigenvalue weighted by Gasteiger charge is 1.98. The molecule has 2 aromatic rings. The van der Waals surface area contributed by atoms with Gasteiger partial charge in [0.25, 0.3) is 0 Å². The minimum absolute atomic E-state index is 0.0871. The summed E-state index contributed by atoms with van der Waals surface area (Å²) in [6.07, 6.45) is 0.716. The molecule has 0 amide bonds. The normalized spacial score (nSPS) is 9.53. The molecule has 0 spiro atoms. The lowest BCUT2D eigenvalue weighted by Crippen LogP contribution is -2.02. The molecule has 0 atom stereocenters. The Morgan fingerprint density at radius 1 is 0.842 bits per heavy atom. The Hall–Kier alpha value is -2.40. The Kier molecular flexibility index (Phi) is 5.50. The number of benzene rings is 2. The largest absolute Gasteiger partial charge is 0.506 e. The first-order valence-corrected chi connectivity index (χ1v) is 5.79. The van der Waals surface area contributed by atoms with Crippen LogP contribution in [0.5, 0.6) is 17.2 Å². The first-order valence-electron chi connectivity index (χ1n) is 5.79. The van der Waals surface area contributed by atoms with Crippen LogP contribution in [0, 0.1) is 0 Å². The second-order valence-electron chi connectivity index (χ2n) is 3.92. The number of aromatic hydroxyl groups is 3. The van der Waals surface area contributed by atoms with Gasteiger partial charge in [-0.05, 0) is 42.8 Å². The van der Waals surface area contributed by atoms with Crippen LogP contribution < -0.4 is 11.5 Å².